The van der Waals surface area contributed by atoms with Gasteiger partial charge in [-0.25, -0.2) is 4.98 Å². The summed E-state index contributed by atoms with van der Waals surface area (Å²) in [5.74, 6) is 0.384. The van der Waals surface area contributed by atoms with Gasteiger partial charge in [0.15, 0.2) is 0 Å². The number of rotatable bonds is 1. The van der Waals surface area contributed by atoms with E-state index in [9.17, 15) is 18.3 Å². The maximum Gasteiger partial charge on any atom is 0.433 e. The molecular weight excluding hydrogens is 257 g/mol. The zero-order valence-electron chi connectivity index (χ0n) is 10.3. The van der Waals surface area contributed by atoms with Crippen molar-refractivity contribution in [2.45, 2.75) is 50.0 Å². The lowest BCUT2D eigenvalue weighted by Gasteiger charge is -2.38. The molecule has 2 aliphatic heterocycles. The number of fused-ring (bicyclic) bond motifs is 2. The standard InChI is InChI=1S/C13H15F3N2O/c14-13(15,16)11-2-1-3-12(17-11)18-8-4-5-9(18)7-10(19)6-8/h1-3,8-10,19H,4-7H2. The first-order valence-corrected chi connectivity index (χ1v) is 6.46. The number of aromatic nitrogens is 1. The predicted octanol–water partition coefficient (Wildman–Crippen LogP) is 2.59. The molecule has 3 heterocycles. The van der Waals surface area contributed by atoms with Gasteiger partial charge in [0.25, 0.3) is 0 Å². The van der Waals surface area contributed by atoms with E-state index >= 15 is 0 Å². The van der Waals surface area contributed by atoms with Gasteiger partial charge in [0.1, 0.15) is 11.5 Å². The van der Waals surface area contributed by atoms with Crippen molar-refractivity contribution in [3.8, 4) is 0 Å². The van der Waals surface area contributed by atoms with Crippen molar-refractivity contribution in [3.05, 3.63) is 23.9 Å². The van der Waals surface area contributed by atoms with E-state index in [4.69, 9.17) is 0 Å². The summed E-state index contributed by atoms with van der Waals surface area (Å²) in [5, 5.41) is 9.71. The lowest BCUT2D eigenvalue weighted by molar-refractivity contribution is -0.141. The Hall–Kier alpha value is -1.30. The fourth-order valence-corrected chi connectivity index (χ4v) is 3.25. The molecule has 2 bridgehead atoms. The molecular formula is C13H15F3N2O. The normalized spacial score (nSPS) is 30.7. The SMILES string of the molecule is OC1CC2CCC(C1)N2c1cccc(C(F)(F)F)n1. The van der Waals surface area contributed by atoms with E-state index in [1.165, 1.54) is 6.07 Å². The highest BCUT2D eigenvalue weighted by Crippen LogP contribution is 2.39. The van der Waals surface area contributed by atoms with Gasteiger partial charge >= 0.3 is 6.18 Å². The van der Waals surface area contributed by atoms with Gasteiger partial charge in [0.05, 0.1) is 6.10 Å². The zero-order valence-corrected chi connectivity index (χ0v) is 10.3. The van der Waals surface area contributed by atoms with Crippen molar-refractivity contribution in [2.24, 2.45) is 0 Å². The van der Waals surface area contributed by atoms with Crippen LogP contribution < -0.4 is 4.90 Å². The second kappa shape index (κ2) is 4.37. The van der Waals surface area contributed by atoms with E-state index in [1.807, 2.05) is 4.90 Å². The molecule has 0 aliphatic carbocycles. The highest BCUT2D eigenvalue weighted by atomic mass is 19.4. The van der Waals surface area contributed by atoms with Crippen LogP contribution in [0.2, 0.25) is 0 Å². The molecule has 1 N–H and O–H groups in total. The monoisotopic (exact) mass is 272 g/mol. The number of alkyl halides is 3. The summed E-state index contributed by atoms with van der Waals surface area (Å²) in [5.41, 5.74) is -0.851. The largest absolute Gasteiger partial charge is 0.433 e. The molecule has 0 amide bonds. The summed E-state index contributed by atoms with van der Waals surface area (Å²) in [6.07, 6.45) is -1.67. The van der Waals surface area contributed by atoms with Crippen LogP contribution >= 0.6 is 0 Å². The van der Waals surface area contributed by atoms with Gasteiger partial charge in [-0.05, 0) is 37.8 Å². The minimum Gasteiger partial charge on any atom is -0.393 e. The van der Waals surface area contributed by atoms with Gasteiger partial charge in [-0.2, -0.15) is 13.2 Å². The number of anilines is 1. The predicted molar refractivity (Wildman–Crippen MR) is 63.8 cm³/mol. The summed E-state index contributed by atoms with van der Waals surface area (Å²) in [6, 6.07) is 4.24. The first kappa shape index (κ1) is 12.7. The molecule has 3 nitrogen and oxygen atoms in total. The third-order valence-electron chi connectivity index (χ3n) is 4.00. The van der Waals surface area contributed by atoms with Gasteiger partial charge in [0, 0.05) is 12.1 Å². The molecule has 3 rings (SSSR count). The Morgan fingerprint density at radius 2 is 1.79 bits per heavy atom. The molecule has 0 spiro atoms. The van der Waals surface area contributed by atoms with E-state index < -0.39 is 11.9 Å². The maximum atomic E-state index is 12.7. The van der Waals surface area contributed by atoms with Crippen LogP contribution in [0.5, 0.6) is 0 Å². The second-order valence-electron chi connectivity index (χ2n) is 5.30. The Morgan fingerprint density at radius 1 is 1.16 bits per heavy atom. The minimum atomic E-state index is -4.41. The number of aliphatic hydroxyl groups excluding tert-OH is 1. The molecule has 0 aromatic carbocycles. The quantitative estimate of drug-likeness (QED) is 0.853. The van der Waals surface area contributed by atoms with Crippen LogP contribution in [0.1, 0.15) is 31.4 Å². The molecule has 0 saturated carbocycles. The Morgan fingerprint density at radius 3 is 2.37 bits per heavy atom. The zero-order chi connectivity index (χ0) is 13.6. The lowest BCUT2D eigenvalue weighted by Crippen LogP contribution is -2.45. The number of hydrogen-bond donors (Lipinski definition) is 1. The van der Waals surface area contributed by atoms with Gasteiger partial charge in [-0.1, -0.05) is 6.07 Å². The summed E-state index contributed by atoms with van der Waals surface area (Å²) in [6.45, 7) is 0. The molecule has 2 aliphatic rings. The number of halogens is 3. The lowest BCUT2D eigenvalue weighted by atomic mass is 10.00. The van der Waals surface area contributed by atoms with Crippen molar-refractivity contribution in [1.82, 2.24) is 4.98 Å². The third kappa shape index (κ3) is 2.29. The molecule has 104 valence electrons. The van der Waals surface area contributed by atoms with Gasteiger partial charge < -0.3 is 10.0 Å². The molecule has 19 heavy (non-hydrogen) atoms. The molecule has 2 atom stereocenters. The van der Waals surface area contributed by atoms with Crippen molar-refractivity contribution in [2.75, 3.05) is 4.90 Å². The summed E-state index contributed by atoms with van der Waals surface area (Å²) in [4.78, 5) is 5.71. The smallest absolute Gasteiger partial charge is 0.393 e. The van der Waals surface area contributed by atoms with E-state index in [-0.39, 0.29) is 18.2 Å². The highest BCUT2D eigenvalue weighted by molar-refractivity contribution is 5.45. The average Bonchev–Trinajstić information content (AvgIpc) is 2.61. The fourth-order valence-electron chi connectivity index (χ4n) is 3.25. The Labute approximate surface area is 109 Å². The van der Waals surface area contributed by atoms with Crippen LogP contribution in [0.4, 0.5) is 19.0 Å². The number of piperidine rings is 1. The Bertz CT molecular complexity index is 463. The number of aliphatic hydroxyl groups is 1. The van der Waals surface area contributed by atoms with Crippen molar-refractivity contribution < 1.29 is 18.3 Å². The highest BCUT2D eigenvalue weighted by Gasteiger charge is 2.41. The maximum absolute atomic E-state index is 12.7. The average molecular weight is 272 g/mol. The van der Waals surface area contributed by atoms with Crippen molar-refractivity contribution >= 4 is 5.82 Å². The molecule has 2 saturated heterocycles. The van der Waals surface area contributed by atoms with Crippen LogP contribution in [0.3, 0.4) is 0 Å². The van der Waals surface area contributed by atoms with Crippen molar-refractivity contribution in [3.63, 3.8) is 0 Å². The second-order valence-corrected chi connectivity index (χ2v) is 5.30. The first-order chi connectivity index (χ1) is 8.95. The van der Waals surface area contributed by atoms with E-state index in [1.54, 1.807) is 6.07 Å². The van der Waals surface area contributed by atoms with Crippen LogP contribution in [0.25, 0.3) is 0 Å². The minimum absolute atomic E-state index is 0.115. The fraction of sp³-hybridized carbons (Fsp3) is 0.615. The number of nitrogens with zero attached hydrogens (tertiary/aromatic N) is 2. The summed E-state index contributed by atoms with van der Waals surface area (Å²) in [7, 11) is 0. The third-order valence-corrected chi connectivity index (χ3v) is 4.00. The van der Waals surface area contributed by atoms with Crippen LogP contribution in [-0.4, -0.2) is 28.3 Å². The molecule has 1 aromatic heterocycles. The van der Waals surface area contributed by atoms with Crippen LogP contribution in [-0.2, 0) is 6.18 Å². The molecule has 1 aromatic rings. The van der Waals surface area contributed by atoms with Crippen LogP contribution in [0, 0.1) is 0 Å². The molecule has 2 fully saturated rings. The van der Waals surface area contributed by atoms with E-state index in [0.29, 0.717) is 18.7 Å². The Balaban J connectivity index is 1.91. The van der Waals surface area contributed by atoms with Gasteiger partial charge in [0.2, 0.25) is 0 Å². The van der Waals surface area contributed by atoms with Gasteiger partial charge in [-0.3, -0.25) is 0 Å². The van der Waals surface area contributed by atoms with Crippen molar-refractivity contribution in [1.29, 1.82) is 0 Å². The van der Waals surface area contributed by atoms with Crippen LogP contribution in [0.15, 0.2) is 18.2 Å². The summed E-state index contributed by atoms with van der Waals surface area (Å²) < 4.78 is 38.1. The molecule has 6 heteroatoms. The summed E-state index contributed by atoms with van der Waals surface area (Å²) >= 11 is 0. The first-order valence-electron chi connectivity index (χ1n) is 6.46. The molecule has 2 unspecified atom stereocenters. The van der Waals surface area contributed by atoms with E-state index in [0.717, 1.165) is 18.9 Å². The van der Waals surface area contributed by atoms with E-state index in [2.05, 4.69) is 4.98 Å². The number of hydrogen-bond acceptors (Lipinski definition) is 3. The topological polar surface area (TPSA) is 36.4 Å². The van der Waals surface area contributed by atoms with Gasteiger partial charge in [-0.15, -0.1) is 0 Å². The molecule has 0 radical (unpaired) electrons. The number of pyridine rings is 1. The Kier molecular flexibility index (Phi) is 2.92.